The van der Waals surface area contributed by atoms with Crippen molar-refractivity contribution < 1.29 is 13.3 Å². The number of hydrogen-bond donors (Lipinski definition) is 1. The van der Waals surface area contributed by atoms with Crippen LogP contribution in [0.15, 0.2) is 0 Å². The minimum absolute atomic E-state index is 0.113. The number of hydrogen-bond acceptors (Lipinski definition) is 4. The van der Waals surface area contributed by atoms with Gasteiger partial charge >= 0.3 is 0 Å². The SMILES string of the molecule is CCCCCONS(=O)(=O)C(=S)N(CC)CC. The minimum atomic E-state index is -3.69. The second kappa shape index (κ2) is 8.79. The summed E-state index contributed by atoms with van der Waals surface area (Å²) in [5.74, 6) is 0. The lowest BCUT2D eigenvalue weighted by Gasteiger charge is -2.21. The Morgan fingerprint density at radius 1 is 1.24 bits per heavy atom. The number of rotatable bonds is 8. The lowest BCUT2D eigenvalue weighted by atomic mass is 10.3. The maximum Gasteiger partial charge on any atom is 0.288 e. The fourth-order valence-electron chi connectivity index (χ4n) is 1.23. The summed E-state index contributed by atoms with van der Waals surface area (Å²) in [7, 11) is -3.69. The number of nitrogens with zero attached hydrogens (tertiary/aromatic N) is 1. The van der Waals surface area contributed by atoms with Crippen LogP contribution < -0.4 is 4.89 Å². The highest BCUT2D eigenvalue weighted by molar-refractivity contribution is 8.15. The Morgan fingerprint density at radius 2 is 1.82 bits per heavy atom. The number of sulfonamides is 1. The largest absolute Gasteiger partial charge is 0.353 e. The maximum absolute atomic E-state index is 11.7. The monoisotopic (exact) mass is 282 g/mol. The predicted molar refractivity (Wildman–Crippen MR) is 73.1 cm³/mol. The second-order valence-electron chi connectivity index (χ2n) is 3.58. The molecule has 0 unspecified atom stereocenters. The average molecular weight is 282 g/mol. The molecule has 17 heavy (non-hydrogen) atoms. The zero-order valence-electron chi connectivity index (χ0n) is 10.7. The number of thiocarbonyl (C=S) groups is 1. The molecule has 5 nitrogen and oxygen atoms in total. The maximum atomic E-state index is 11.7. The van der Waals surface area contributed by atoms with E-state index in [2.05, 4.69) is 11.8 Å². The molecular weight excluding hydrogens is 260 g/mol. The molecule has 0 saturated carbocycles. The quantitative estimate of drug-likeness (QED) is 0.417. The third kappa shape index (κ3) is 6.30. The minimum Gasteiger partial charge on any atom is -0.353 e. The molecule has 0 radical (unpaired) electrons. The fraction of sp³-hybridized carbons (Fsp3) is 0.900. The molecular formula is C10H22N2O3S2. The molecule has 0 bridgehead atoms. The molecule has 0 aliphatic heterocycles. The standard InChI is InChI=1S/C10H22N2O3S2/c1-4-7-8-9-15-11-17(13,14)10(16)12(5-2)6-3/h11H,4-9H2,1-3H3. The van der Waals surface area contributed by atoms with Crippen LogP contribution in [0, 0.1) is 0 Å². The first-order valence-electron chi connectivity index (χ1n) is 5.92. The van der Waals surface area contributed by atoms with Gasteiger partial charge in [0.25, 0.3) is 10.0 Å². The summed E-state index contributed by atoms with van der Waals surface area (Å²) in [4.78, 5) is 8.56. The highest BCUT2D eigenvalue weighted by Gasteiger charge is 2.22. The lowest BCUT2D eigenvalue weighted by molar-refractivity contribution is 0.0910. The van der Waals surface area contributed by atoms with E-state index in [1.807, 2.05) is 13.8 Å². The molecule has 0 rings (SSSR count). The predicted octanol–water partition coefficient (Wildman–Crippen LogP) is 1.65. The second-order valence-corrected chi connectivity index (χ2v) is 5.79. The van der Waals surface area contributed by atoms with Crippen molar-refractivity contribution in [3.05, 3.63) is 0 Å². The number of unbranched alkanes of at least 4 members (excludes halogenated alkanes) is 2. The van der Waals surface area contributed by atoms with Crippen LogP contribution in [0.3, 0.4) is 0 Å². The smallest absolute Gasteiger partial charge is 0.288 e. The van der Waals surface area contributed by atoms with Gasteiger partial charge in [-0.15, -0.1) is 0 Å². The van der Waals surface area contributed by atoms with Gasteiger partial charge in [-0.1, -0.05) is 24.7 Å². The molecule has 0 aliphatic rings. The van der Waals surface area contributed by atoms with Gasteiger partial charge in [-0.2, -0.15) is 0 Å². The Bertz CT molecular complexity index is 314. The first-order chi connectivity index (χ1) is 7.99. The van der Waals surface area contributed by atoms with E-state index in [1.54, 1.807) is 4.90 Å². The van der Waals surface area contributed by atoms with E-state index in [-0.39, 0.29) is 4.32 Å². The van der Waals surface area contributed by atoms with Gasteiger partial charge in [-0.3, -0.25) is 4.84 Å². The van der Waals surface area contributed by atoms with Gasteiger partial charge < -0.3 is 4.90 Å². The molecule has 0 spiro atoms. The highest BCUT2D eigenvalue weighted by atomic mass is 32.2. The Kier molecular flexibility index (Phi) is 8.67. The summed E-state index contributed by atoms with van der Waals surface area (Å²) in [6.07, 6.45) is 2.91. The van der Waals surface area contributed by atoms with E-state index < -0.39 is 10.0 Å². The Balaban J connectivity index is 4.14. The lowest BCUT2D eigenvalue weighted by Crippen LogP contribution is -2.41. The van der Waals surface area contributed by atoms with Gasteiger partial charge in [0, 0.05) is 13.1 Å². The Labute approximate surface area is 110 Å². The molecule has 1 N–H and O–H groups in total. The summed E-state index contributed by atoms with van der Waals surface area (Å²) in [5.41, 5.74) is 0. The van der Waals surface area contributed by atoms with Crippen molar-refractivity contribution in [2.75, 3.05) is 19.7 Å². The van der Waals surface area contributed by atoms with Crippen molar-refractivity contribution >= 4 is 26.6 Å². The van der Waals surface area contributed by atoms with Crippen LogP contribution in [0.4, 0.5) is 0 Å². The average Bonchev–Trinajstić information content (AvgIpc) is 2.30. The van der Waals surface area contributed by atoms with Gasteiger partial charge in [0.2, 0.25) is 4.32 Å². The van der Waals surface area contributed by atoms with Crippen LogP contribution in [0.5, 0.6) is 0 Å². The van der Waals surface area contributed by atoms with Gasteiger partial charge in [0.1, 0.15) is 0 Å². The third-order valence-electron chi connectivity index (χ3n) is 2.27. The Hall–Kier alpha value is -0.240. The number of nitrogens with one attached hydrogen (secondary N) is 1. The molecule has 0 aromatic heterocycles. The van der Waals surface area contributed by atoms with Crippen molar-refractivity contribution in [1.29, 1.82) is 0 Å². The fourth-order valence-corrected chi connectivity index (χ4v) is 2.50. The molecule has 0 aromatic rings. The summed E-state index contributed by atoms with van der Waals surface area (Å²) in [6, 6.07) is 0. The van der Waals surface area contributed by atoms with E-state index in [4.69, 9.17) is 17.1 Å². The molecule has 0 atom stereocenters. The van der Waals surface area contributed by atoms with Crippen molar-refractivity contribution in [3.8, 4) is 0 Å². The third-order valence-corrected chi connectivity index (χ3v) is 4.24. The van der Waals surface area contributed by atoms with Gasteiger partial charge in [0.15, 0.2) is 0 Å². The zero-order valence-corrected chi connectivity index (χ0v) is 12.4. The summed E-state index contributed by atoms with van der Waals surface area (Å²) in [6.45, 7) is 7.27. The van der Waals surface area contributed by atoms with Gasteiger partial charge in [-0.05, 0) is 32.5 Å². The molecule has 0 saturated heterocycles. The van der Waals surface area contributed by atoms with Crippen LogP contribution in [-0.2, 0) is 14.9 Å². The normalized spacial score (nSPS) is 11.5. The van der Waals surface area contributed by atoms with E-state index in [0.717, 1.165) is 19.3 Å². The van der Waals surface area contributed by atoms with Crippen LogP contribution in [0.2, 0.25) is 0 Å². The van der Waals surface area contributed by atoms with Crippen LogP contribution in [-0.4, -0.2) is 37.3 Å². The summed E-state index contributed by atoms with van der Waals surface area (Å²) >= 11 is 4.91. The molecule has 0 heterocycles. The first-order valence-corrected chi connectivity index (χ1v) is 7.81. The first kappa shape index (κ1) is 16.8. The summed E-state index contributed by atoms with van der Waals surface area (Å²) < 4.78 is 23.3. The van der Waals surface area contributed by atoms with E-state index in [1.165, 1.54) is 0 Å². The van der Waals surface area contributed by atoms with Crippen molar-refractivity contribution in [2.24, 2.45) is 0 Å². The van der Waals surface area contributed by atoms with E-state index >= 15 is 0 Å². The highest BCUT2D eigenvalue weighted by Crippen LogP contribution is 2.00. The van der Waals surface area contributed by atoms with Crippen LogP contribution in [0.25, 0.3) is 0 Å². The Morgan fingerprint density at radius 3 is 2.29 bits per heavy atom. The molecule has 102 valence electrons. The van der Waals surface area contributed by atoms with Gasteiger partial charge in [0.05, 0.1) is 6.61 Å². The molecule has 0 aromatic carbocycles. The van der Waals surface area contributed by atoms with Gasteiger partial charge in [-0.25, -0.2) is 8.42 Å². The van der Waals surface area contributed by atoms with Crippen molar-refractivity contribution in [2.45, 2.75) is 40.0 Å². The molecule has 0 fully saturated rings. The van der Waals surface area contributed by atoms with Crippen LogP contribution >= 0.6 is 12.2 Å². The van der Waals surface area contributed by atoms with Crippen molar-refractivity contribution in [3.63, 3.8) is 0 Å². The molecule has 0 aliphatic carbocycles. The topological polar surface area (TPSA) is 58.6 Å². The van der Waals surface area contributed by atoms with E-state index in [0.29, 0.717) is 19.7 Å². The summed E-state index contributed by atoms with van der Waals surface area (Å²) in [5, 5.41) is 0. The molecule has 7 heteroatoms. The zero-order chi connectivity index (χ0) is 13.3. The van der Waals surface area contributed by atoms with E-state index in [9.17, 15) is 8.42 Å². The van der Waals surface area contributed by atoms with Crippen LogP contribution in [0.1, 0.15) is 40.0 Å². The molecule has 0 amide bonds. The van der Waals surface area contributed by atoms with Crippen molar-refractivity contribution in [1.82, 2.24) is 9.79 Å².